The Bertz CT molecular complexity index is 401. The van der Waals surface area contributed by atoms with Crippen LogP contribution in [0.1, 0.15) is 27.9 Å². The molecule has 0 atom stereocenters. The van der Waals surface area contributed by atoms with E-state index in [1.807, 2.05) is 18.2 Å². The SMILES string of the molecule is N#CCc1cccc2c1C(=O)CC2. The van der Waals surface area contributed by atoms with Crippen LogP contribution in [0.3, 0.4) is 0 Å². The van der Waals surface area contributed by atoms with Gasteiger partial charge in [0, 0.05) is 12.0 Å². The zero-order valence-corrected chi connectivity index (χ0v) is 7.21. The lowest BCUT2D eigenvalue weighted by Gasteiger charge is -2.02. The lowest BCUT2D eigenvalue weighted by molar-refractivity contribution is 0.0994. The van der Waals surface area contributed by atoms with E-state index in [4.69, 9.17) is 5.26 Å². The van der Waals surface area contributed by atoms with Gasteiger partial charge in [-0.1, -0.05) is 18.2 Å². The summed E-state index contributed by atoms with van der Waals surface area (Å²) in [6.45, 7) is 0. The van der Waals surface area contributed by atoms with Crippen LogP contribution in [0, 0.1) is 11.3 Å². The van der Waals surface area contributed by atoms with E-state index in [1.165, 1.54) is 0 Å². The molecule has 1 aliphatic rings. The van der Waals surface area contributed by atoms with Crippen molar-refractivity contribution in [2.45, 2.75) is 19.3 Å². The molecule has 13 heavy (non-hydrogen) atoms. The molecule has 0 aromatic heterocycles. The molecule has 0 amide bonds. The van der Waals surface area contributed by atoms with E-state index in [9.17, 15) is 4.79 Å². The van der Waals surface area contributed by atoms with Crippen molar-refractivity contribution >= 4 is 5.78 Å². The van der Waals surface area contributed by atoms with E-state index in [0.29, 0.717) is 12.8 Å². The molecule has 1 aliphatic carbocycles. The number of nitrogens with zero attached hydrogens (tertiary/aromatic N) is 1. The molecule has 2 heteroatoms. The third kappa shape index (κ3) is 1.23. The van der Waals surface area contributed by atoms with Gasteiger partial charge < -0.3 is 0 Å². The highest BCUT2D eigenvalue weighted by Gasteiger charge is 2.21. The maximum absolute atomic E-state index is 11.5. The smallest absolute Gasteiger partial charge is 0.163 e. The Balaban J connectivity index is 2.54. The molecule has 0 N–H and O–H groups in total. The number of benzene rings is 1. The third-order valence-electron chi connectivity index (χ3n) is 2.41. The normalized spacial score (nSPS) is 13.9. The Hall–Kier alpha value is -1.62. The summed E-state index contributed by atoms with van der Waals surface area (Å²) in [5.74, 6) is 0.195. The summed E-state index contributed by atoms with van der Waals surface area (Å²) in [7, 11) is 0. The number of ketones is 1. The molecule has 0 spiro atoms. The summed E-state index contributed by atoms with van der Waals surface area (Å²) in [6.07, 6.45) is 1.79. The minimum absolute atomic E-state index is 0.195. The van der Waals surface area contributed by atoms with Gasteiger partial charge in [0.15, 0.2) is 5.78 Å². The van der Waals surface area contributed by atoms with Crippen molar-refractivity contribution in [3.63, 3.8) is 0 Å². The van der Waals surface area contributed by atoms with Crippen molar-refractivity contribution < 1.29 is 4.79 Å². The summed E-state index contributed by atoms with van der Waals surface area (Å²) < 4.78 is 0. The maximum Gasteiger partial charge on any atom is 0.163 e. The molecule has 0 saturated heterocycles. The molecular weight excluding hydrogens is 162 g/mol. The monoisotopic (exact) mass is 171 g/mol. The Morgan fingerprint density at radius 2 is 2.23 bits per heavy atom. The highest BCUT2D eigenvalue weighted by atomic mass is 16.1. The van der Waals surface area contributed by atoms with Gasteiger partial charge in [0.05, 0.1) is 12.5 Å². The summed E-state index contributed by atoms with van der Waals surface area (Å²) >= 11 is 0. The fourth-order valence-corrected chi connectivity index (χ4v) is 1.83. The van der Waals surface area contributed by atoms with Gasteiger partial charge in [0.25, 0.3) is 0 Å². The number of hydrogen-bond acceptors (Lipinski definition) is 2. The highest BCUT2D eigenvalue weighted by Crippen LogP contribution is 2.25. The first kappa shape index (κ1) is 8.00. The highest BCUT2D eigenvalue weighted by molar-refractivity contribution is 6.01. The van der Waals surface area contributed by atoms with Crippen LogP contribution in [0.15, 0.2) is 18.2 Å². The molecule has 0 radical (unpaired) electrons. The standard InChI is InChI=1S/C11H9NO/c12-7-6-9-3-1-2-8-4-5-10(13)11(8)9/h1-3H,4-6H2. The first-order chi connectivity index (χ1) is 6.33. The van der Waals surface area contributed by atoms with Crippen LogP contribution in [0.4, 0.5) is 0 Å². The quantitative estimate of drug-likeness (QED) is 0.647. The van der Waals surface area contributed by atoms with Crippen molar-refractivity contribution in [2.75, 3.05) is 0 Å². The van der Waals surface area contributed by atoms with Crippen molar-refractivity contribution in [1.82, 2.24) is 0 Å². The fourth-order valence-electron chi connectivity index (χ4n) is 1.83. The Kier molecular flexibility index (Phi) is 1.86. The second kappa shape index (κ2) is 3.02. The van der Waals surface area contributed by atoms with Crippen LogP contribution in [-0.4, -0.2) is 5.78 Å². The topological polar surface area (TPSA) is 40.9 Å². The summed E-state index contributed by atoms with van der Waals surface area (Å²) in [4.78, 5) is 11.5. The number of hydrogen-bond donors (Lipinski definition) is 0. The van der Waals surface area contributed by atoms with Crippen molar-refractivity contribution in [1.29, 1.82) is 5.26 Å². The van der Waals surface area contributed by atoms with E-state index in [2.05, 4.69) is 6.07 Å². The second-order valence-electron chi connectivity index (χ2n) is 3.21. The molecule has 0 unspecified atom stereocenters. The van der Waals surface area contributed by atoms with E-state index < -0.39 is 0 Å². The minimum Gasteiger partial charge on any atom is -0.294 e. The van der Waals surface area contributed by atoms with Crippen molar-refractivity contribution in [2.24, 2.45) is 0 Å². The molecule has 1 aromatic carbocycles. The van der Waals surface area contributed by atoms with Gasteiger partial charge in [0.2, 0.25) is 0 Å². The average molecular weight is 171 g/mol. The molecule has 0 saturated carbocycles. The first-order valence-corrected chi connectivity index (χ1v) is 4.34. The van der Waals surface area contributed by atoms with E-state index in [0.717, 1.165) is 23.1 Å². The summed E-state index contributed by atoms with van der Waals surface area (Å²) in [5.41, 5.74) is 2.81. The van der Waals surface area contributed by atoms with Crippen LogP contribution >= 0.6 is 0 Å². The molecule has 64 valence electrons. The van der Waals surface area contributed by atoms with Crippen LogP contribution in [0.2, 0.25) is 0 Å². The van der Waals surface area contributed by atoms with Gasteiger partial charge in [0.1, 0.15) is 0 Å². The minimum atomic E-state index is 0.195. The van der Waals surface area contributed by atoms with Crippen molar-refractivity contribution in [3.8, 4) is 6.07 Å². The average Bonchev–Trinajstić information content (AvgIpc) is 2.50. The molecular formula is C11H9NO. The van der Waals surface area contributed by atoms with Crippen LogP contribution in [-0.2, 0) is 12.8 Å². The number of carbonyl (C=O) groups excluding carboxylic acids is 1. The molecule has 1 aromatic rings. The molecule has 0 heterocycles. The number of aryl methyl sites for hydroxylation is 1. The summed E-state index contributed by atoms with van der Waals surface area (Å²) in [6, 6.07) is 7.84. The summed E-state index contributed by atoms with van der Waals surface area (Å²) in [5, 5.41) is 8.58. The van der Waals surface area contributed by atoms with Gasteiger partial charge in [-0.3, -0.25) is 4.79 Å². The van der Waals surface area contributed by atoms with Crippen molar-refractivity contribution in [3.05, 3.63) is 34.9 Å². The van der Waals surface area contributed by atoms with E-state index in [-0.39, 0.29) is 5.78 Å². The van der Waals surface area contributed by atoms with E-state index in [1.54, 1.807) is 0 Å². The Morgan fingerprint density at radius 3 is 3.00 bits per heavy atom. The lowest BCUT2D eigenvalue weighted by Crippen LogP contribution is -1.98. The predicted molar refractivity (Wildman–Crippen MR) is 48.4 cm³/mol. The molecule has 0 bridgehead atoms. The van der Waals surface area contributed by atoms with Crippen LogP contribution in [0.25, 0.3) is 0 Å². The fraction of sp³-hybridized carbons (Fsp3) is 0.273. The molecule has 2 nitrogen and oxygen atoms in total. The third-order valence-corrected chi connectivity index (χ3v) is 2.41. The van der Waals surface area contributed by atoms with Gasteiger partial charge in [-0.2, -0.15) is 5.26 Å². The van der Waals surface area contributed by atoms with Gasteiger partial charge in [-0.05, 0) is 17.5 Å². The zero-order chi connectivity index (χ0) is 9.26. The zero-order valence-electron chi connectivity index (χ0n) is 7.21. The van der Waals surface area contributed by atoms with Gasteiger partial charge >= 0.3 is 0 Å². The largest absolute Gasteiger partial charge is 0.294 e. The number of nitriles is 1. The van der Waals surface area contributed by atoms with E-state index >= 15 is 0 Å². The number of carbonyl (C=O) groups is 1. The first-order valence-electron chi connectivity index (χ1n) is 4.34. The Labute approximate surface area is 76.8 Å². The Morgan fingerprint density at radius 1 is 1.38 bits per heavy atom. The van der Waals surface area contributed by atoms with Gasteiger partial charge in [-0.25, -0.2) is 0 Å². The number of fused-ring (bicyclic) bond motifs is 1. The second-order valence-corrected chi connectivity index (χ2v) is 3.21. The number of rotatable bonds is 1. The lowest BCUT2D eigenvalue weighted by atomic mass is 10.0. The maximum atomic E-state index is 11.5. The number of Topliss-reactive ketones (excluding diaryl/α,β-unsaturated/α-hetero) is 1. The van der Waals surface area contributed by atoms with Crippen LogP contribution in [0.5, 0.6) is 0 Å². The predicted octanol–water partition coefficient (Wildman–Crippen LogP) is 1.88. The molecule has 2 rings (SSSR count). The molecule has 0 fully saturated rings. The molecule has 0 aliphatic heterocycles. The van der Waals surface area contributed by atoms with Crippen LogP contribution < -0.4 is 0 Å². The van der Waals surface area contributed by atoms with Gasteiger partial charge in [-0.15, -0.1) is 0 Å².